The normalized spacial score (nSPS) is 14.1. The number of hydrogen-bond acceptors (Lipinski definition) is 6. The average molecular weight is 1570 g/mol. The zero-order chi connectivity index (χ0) is 51.1. The smallest absolute Gasteiger partial charge is 0.0774 e. The fraction of sp³-hybridized carbons (Fsp3) is 0.206. The summed E-state index contributed by atoms with van der Waals surface area (Å²) in [4.78, 5) is 29.0. The first-order valence-corrected chi connectivity index (χ1v) is 27.5. The molecule has 0 N–H and O–H groups in total. The van der Waals surface area contributed by atoms with Crippen molar-refractivity contribution in [2.75, 3.05) is 0 Å². The molecule has 15 aromatic rings. The Morgan fingerprint density at radius 2 is 0.725 bits per heavy atom. The molecule has 2 fully saturated rings. The molecule has 0 saturated heterocycles. The molecule has 0 atom stereocenters. The molecule has 0 spiro atoms. The first-order chi connectivity index (χ1) is 38.1. The van der Waals surface area contributed by atoms with Gasteiger partial charge in [-0.2, -0.15) is 0 Å². The molecule has 17 rings (SSSR count). The minimum atomic E-state index is 0. The third-order valence-electron chi connectivity index (χ3n) is 16.7. The van der Waals surface area contributed by atoms with Gasteiger partial charge in [0.1, 0.15) is 0 Å². The largest absolute Gasteiger partial charge is 0.351 e. The molecule has 12 heteroatoms. The minimum Gasteiger partial charge on any atom is -0.351 e. The quantitative estimate of drug-likeness (QED) is 0.129. The van der Waals surface area contributed by atoms with Crippen LogP contribution in [0.1, 0.15) is 106 Å². The number of hydrogen-bond donors (Lipinski definition) is 0. The van der Waals surface area contributed by atoms with Gasteiger partial charge in [-0.1, -0.05) is 153 Å². The first kappa shape index (κ1) is 53.8. The van der Waals surface area contributed by atoms with Gasteiger partial charge in [0.25, 0.3) is 0 Å². The fourth-order valence-corrected chi connectivity index (χ4v) is 13.3. The van der Waals surface area contributed by atoms with Crippen LogP contribution in [0.2, 0.25) is 0 Å². The van der Waals surface area contributed by atoms with Crippen LogP contribution >= 0.6 is 0 Å². The van der Waals surface area contributed by atoms with Crippen molar-refractivity contribution in [3.05, 3.63) is 199 Å². The number of aromatic nitrogens is 9. The van der Waals surface area contributed by atoms with Crippen LogP contribution in [0.15, 0.2) is 164 Å². The van der Waals surface area contributed by atoms with E-state index in [9.17, 15) is 0 Å². The first-order valence-electron chi connectivity index (χ1n) is 27.5. The van der Waals surface area contributed by atoms with Gasteiger partial charge in [0.15, 0.2) is 0 Å². The van der Waals surface area contributed by atoms with Crippen LogP contribution in [0.3, 0.4) is 0 Å². The van der Waals surface area contributed by atoms with Gasteiger partial charge in [-0.05, 0) is 147 Å². The van der Waals surface area contributed by atoms with Gasteiger partial charge >= 0.3 is 0 Å². The average Bonchev–Trinajstić information content (AvgIpc) is 3.88. The molecule has 401 valence electrons. The van der Waals surface area contributed by atoms with Gasteiger partial charge in [-0.3, -0.25) is 15.0 Å². The molecule has 0 bridgehead atoms. The zero-order valence-corrected chi connectivity index (χ0v) is 51.4. The summed E-state index contributed by atoms with van der Waals surface area (Å²) >= 11 is 0. The molecular formula is C68H54Ir3N9-3. The van der Waals surface area contributed by atoms with E-state index in [1.54, 1.807) is 0 Å². The van der Waals surface area contributed by atoms with Gasteiger partial charge in [-0.25, -0.2) is 0 Å². The zero-order valence-electron chi connectivity index (χ0n) is 44.2. The summed E-state index contributed by atoms with van der Waals surface area (Å²) in [5.41, 5.74) is 20.1. The third kappa shape index (κ3) is 8.73. The fourth-order valence-electron chi connectivity index (χ4n) is 13.3. The molecule has 2 saturated carbocycles. The second-order valence-corrected chi connectivity index (χ2v) is 21.4. The summed E-state index contributed by atoms with van der Waals surface area (Å²) in [7, 11) is 0. The molecule has 9 heterocycles. The van der Waals surface area contributed by atoms with E-state index in [-0.39, 0.29) is 60.3 Å². The number of benzene rings is 6. The number of rotatable bonds is 3. The molecule has 6 aromatic carbocycles. The van der Waals surface area contributed by atoms with Crippen LogP contribution in [0.5, 0.6) is 0 Å². The SMILES string of the molecule is CC(C)c1cccc2c1c1ncc[c-]c1c1nc3ccccc3n21.[Ir].[Ir].[Ir].[c-]1ccnc2c1c1nc3ccccc3n1c1cccc(C3CCCC3)c21.[c-]1ccnc2c1c1nc3ccccc3n1c1cccc(C3CCCCC3)c21. The van der Waals surface area contributed by atoms with Crippen molar-refractivity contribution in [1.29, 1.82) is 0 Å². The molecule has 9 nitrogen and oxygen atoms in total. The molecule has 0 unspecified atom stereocenters. The number of nitrogens with zero attached hydrogens (tertiary/aromatic N) is 9. The number of para-hydroxylation sites is 6. The summed E-state index contributed by atoms with van der Waals surface area (Å²) in [6, 6.07) is 60.8. The molecular weight excluding hydrogens is 1520 g/mol. The molecule has 0 amide bonds. The van der Waals surface area contributed by atoms with Gasteiger partial charge in [0.05, 0.1) is 50.0 Å². The van der Waals surface area contributed by atoms with Crippen molar-refractivity contribution in [2.24, 2.45) is 0 Å². The number of imidazole rings is 3. The summed E-state index contributed by atoms with van der Waals surface area (Å²) in [6.45, 7) is 4.45. The van der Waals surface area contributed by atoms with Crippen molar-refractivity contribution in [3.8, 4) is 0 Å². The summed E-state index contributed by atoms with van der Waals surface area (Å²) in [5.74, 6) is 1.68. The Morgan fingerprint density at radius 1 is 0.388 bits per heavy atom. The predicted molar refractivity (Wildman–Crippen MR) is 314 cm³/mol. The molecule has 0 aliphatic heterocycles. The maximum absolute atomic E-state index is 4.93. The Bertz CT molecular complexity index is 4820. The Morgan fingerprint density at radius 3 is 1.12 bits per heavy atom. The van der Waals surface area contributed by atoms with E-state index in [2.05, 4.69) is 165 Å². The monoisotopic (exact) mass is 1580 g/mol. The van der Waals surface area contributed by atoms with Crippen LogP contribution in [0, 0.1) is 18.2 Å². The molecule has 80 heavy (non-hydrogen) atoms. The van der Waals surface area contributed by atoms with E-state index in [0.29, 0.717) is 17.8 Å². The second kappa shape index (κ2) is 22.2. The number of fused-ring (bicyclic) bond motifs is 24. The third-order valence-corrected chi connectivity index (χ3v) is 16.7. The molecule has 9 aromatic heterocycles. The summed E-state index contributed by atoms with van der Waals surface area (Å²) < 4.78 is 6.85. The molecule has 3 radical (unpaired) electrons. The van der Waals surface area contributed by atoms with E-state index in [4.69, 9.17) is 24.9 Å². The van der Waals surface area contributed by atoms with Crippen LogP contribution in [-0.4, -0.2) is 43.1 Å². The number of pyridine rings is 6. The van der Waals surface area contributed by atoms with Crippen molar-refractivity contribution < 1.29 is 60.3 Å². The molecule has 2 aliphatic carbocycles. The van der Waals surface area contributed by atoms with E-state index in [0.717, 1.165) is 88.3 Å². The van der Waals surface area contributed by atoms with Crippen LogP contribution in [0.4, 0.5) is 0 Å². The van der Waals surface area contributed by atoms with E-state index in [1.165, 1.54) is 102 Å². The molecule has 2 aliphatic rings. The predicted octanol–water partition coefficient (Wildman–Crippen LogP) is 16.8. The second-order valence-electron chi connectivity index (χ2n) is 21.4. The van der Waals surface area contributed by atoms with Crippen LogP contribution < -0.4 is 0 Å². The van der Waals surface area contributed by atoms with E-state index in [1.807, 2.05) is 48.9 Å². The van der Waals surface area contributed by atoms with Crippen molar-refractivity contribution in [1.82, 2.24) is 43.1 Å². The van der Waals surface area contributed by atoms with Gasteiger partial charge in [-0.15, -0.1) is 36.4 Å². The maximum atomic E-state index is 4.93. The van der Waals surface area contributed by atoms with E-state index < -0.39 is 0 Å². The summed E-state index contributed by atoms with van der Waals surface area (Å²) in [5, 5.41) is 6.78. The topological polar surface area (TPSA) is 90.6 Å². The van der Waals surface area contributed by atoms with E-state index >= 15 is 0 Å². The Kier molecular flexibility index (Phi) is 14.9. The van der Waals surface area contributed by atoms with Gasteiger partial charge in [0.2, 0.25) is 0 Å². The van der Waals surface area contributed by atoms with Crippen molar-refractivity contribution >= 4 is 115 Å². The Balaban J connectivity index is 0.000000117. The summed E-state index contributed by atoms with van der Waals surface area (Å²) in [6.07, 6.45) is 17.3. The van der Waals surface area contributed by atoms with Crippen LogP contribution in [0.25, 0.3) is 115 Å². The van der Waals surface area contributed by atoms with Gasteiger partial charge in [0, 0.05) is 76.9 Å². The standard InChI is InChI=1S/C24H20N3.C23H18N3.C21H16N3.3Ir/c1-2-8-16(9-3-1)17-10-6-14-21-22(17)23-18(11-7-15-25-23)24-26-19-12-4-5-13-20(19)27(21)24;1-2-8-15(7-1)16-9-5-13-20-21(16)22-17(10-6-14-24-22)23-25-18-11-3-4-12-19(18)26(20)23;1-13(2)14-7-5-11-18-19(14)20-15(8-6-12-22-20)21-23-16-9-3-4-10-17(16)24(18)21;;;/h4-7,10,12-16H,1-3,8-9H2;3-6,9,11-15H,1-2,7-8H2;3-7,9-13H,1-2H3;;;/q3*-1;;;. The van der Waals surface area contributed by atoms with Gasteiger partial charge < -0.3 is 28.2 Å². The van der Waals surface area contributed by atoms with Crippen molar-refractivity contribution in [3.63, 3.8) is 0 Å². The van der Waals surface area contributed by atoms with Crippen LogP contribution in [-0.2, 0) is 60.3 Å². The Labute approximate surface area is 503 Å². The maximum Gasteiger partial charge on any atom is 0.0774 e. The minimum absolute atomic E-state index is 0. The van der Waals surface area contributed by atoms with Crippen molar-refractivity contribution in [2.45, 2.75) is 89.4 Å². The Hall–Kier alpha value is -6.87.